The number of hydrogen-bond donors (Lipinski definition) is 2. The van der Waals surface area contributed by atoms with E-state index in [1.54, 1.807) is 19.1 Å². The van der Waals surface area contributed by atoms with Gasteiger partial charge < -0.3 is 19.7 Å². The topological polar surface area (TPSA) is 58.9 Å². The average Bonchev–Trinajstić information content (AvgIpc) is 2.22. The van der Waals surface area contributed by atoms with E-state index >= 15 is 0 Å². The number of ether oxygens (including phenoxy) is 2. The fourth-order valence-electron chi connectivity index (χ4n) is 1.65. The Morgan fingerprint density at radius 1 is 1.12 bits per heavy atom. The lowest BCUT2D eigenvalue weighted by Crippen LogP contribution is -2.29. The predicted molar refractivity (Wildman–Crippen MR) is 60.4 cm³/mol. The second-order valence-corrected chi connectivity index (χ2v) is 3.49. The number of hydrogen-bond acceptors (Lipinski definition) is 4. The third-order valence-corrected chi connectivity index (χ3v) is 2.34. The van der Waals surface area contributed by atoms with Crippen LogP contribution in [-0.2, 0) is 15.3 Å². The molecule has 0 saturated carbocycles. The van der Waals surface area contributed by atoms with Gasteiger partial charge in [0.25, 0.3) is 0 Å². The summed E-state index contributed by atoms with van der Waals surface area (Å²) < 4.78 is 11.0. The van der Waals surface area contributed by atoms with Gasteiger partial charge in [-0.05, 0) is 32.9 Å². The van der Waals surface area contributed by atoms with Crippen LogP contribution in [0.5, 0.6) is 11.5 Å². The molecule has 0 heterocycles. The number of benzene rings is 1. The molecule has 0 fully saturated rings. The SMILES string of the molecule is CCOC(C)(OCC)c1cccc(O)c1O. The number of phenolic OH excluding ortho intramolecular Hbond substituents is 2. The van der Waals surface area contributed by atoms with Gasteiger partial charge in [0.05, 0.1) is 5.56 Å². The Kier molecular flexibility index (Phi) is 4.15. The largest absolute Gasteiger partial charge is 0.504 e. The molecule has 2 N–H and O–H groups in total. The van der Waals surface area contributed by atoms with E-state index in [9.17, 15) is 10.2 Å². The highest BCUT2D eigenvalue weighted by Gasteiger charge is 2.31. The molecule has 0 spiro atoms. The average molecular weight is 226 g/mol. The molecule has 1 aromatic rings. The molecule has 0 aliphatic rings. The quantitative estimate of drug-likeness (QED) is 0.597. The second-order valence-electron chi connectivity index (χ2n) is 3.49. The molecule has 0 aliphatic heterocycles. The Hall–Kier alpha value is -1.26. The van der Waals surface area contributed by atoms with Crippen molar-refractivity contribution in [1.29, 1.82) is 0 Å². The van der Waals surface area contributed by atoms with Crippen LogP contribution < -0.4 is 0 Å². The van der Waals surface area contributed by atoms with Crippen molar-refractivity contribution in [2.45, 2.75) is 26.6 Å². The van der Waals surface area contributed by atoms with Gasteiger partial charge >= 0.3 is 0 Å². The van der Waals surface area contributed by atoms with Gasteiger partial charge in [0, 0.05) is 13.2 Å². The summed E-state index contributed by atoms with van der Waals surface area (Å²) in [6.07, 6.45) is 0. The van der Waals surface area contributed by atoms with E-state index in [0.29, 0.717) is 18.8 Å². The Bertz CT molecular complexity index is 343. The number of rotatable bonds is 5. The molecule has 0 unspecified atom stereocenters. The van der Waals surface area contributed by atoms with Crippen LogP contribution in [0, 0.1) is 0 Å². The van der Waals surface area contributed by atoms with Crippen LogP contribution in [0.15, 0.2) is 18.2 Å². The van der Waals surface area contributed by atoms with Crippen molar-refractivity contribution in [3.05, 3.63) is 23.8 Å². The van der Waals surface area contributed by atoms with Gasteiger partial charge in [-0.1, -0.05) is 6.07 Å². The third kappa shape index (κ3) is 2.46. The van der Waals surface area contributed by atoms with Crippen LogP contribution in [0.2, 0.25) is 0 Å². The maximum absolute atomic E-state index is 9.78. The Balaban J connectivity index is 3.15. The highest BCUT2D eigenvalue weighted by atomic mass is 16.7. The van der Waals surface area contributed by atoms with Gasteiger partial charge in [-0.15, -0.1) is 0 Å². The second kappa shape index (κ2) is 5.18. The lowest BCUT2D eigenvalue weighted by Gasteiger charge is -2.30. The van der Waals surface area contributed by atoms with Crippen LogP contribution in [-0.4, -0.2) is 23.4 Å². The van der Waals surface area contributed by atoms with Gasteiger partial charge in [-0.25, -0.2) is 0 Å². The summed E-state index contributed by atoms with van der Waals surface area (Å²) in [7, 11) is 0. The van der Waals surface area contributed by atoms with Crippen LogP contribution >= 0.6 is 0 Å². The summed E-state index contributed by atoms with van der Waals surface area (Å²) in [5.74, 6) is -1.41. The number of para-hydroxylation sites is 1. The molecule has 4 nitrogen and oxygen atoms in total. The molecule has 0 aliphatic carbocycles. The van der Waals surface area contributed by atoms with E-state index in [0.717, 1.165) is 0 Å². The minimum atomic E-state index is -1.04. The maximum Gasteiger partial charge on any atom is 0.195 e. The molecule has 1 rings (SSSR count). The van der Waals surface area contributed by atoms with Gasteiger partial charge in [0.1, 0.15) is 0 Å². The number of aromatic hydroxyl groups is 2. The van der Waals surface area contributed by atoms with Crippen molar-refractivity contribution < 1.29 is 19.7 Å². The Labute approximate surface area is 95.4 Å². The molecule has 1 aromatic carbocycles. The molecule has 0 aromatic heterocycles. The zero-order valence-electron chi connectivity index (χ0n) is 9.86. The van der Waals surface area contributed by atoms with Crippen LogP contribution in [0.1, 0.15) is 26.3 Å². The van der Waals surface area contributed by atoms with Gasteiger partial charge in [-0.3, -0.25) is 0 Å². The standard InChI is InChI=1S/C12H18O4/c1-4-15-12(3,16-5-2)9-7-6-8-10(13)11(9)14/h6-8,13-14H,4-5H2,1-3H3. The minimum absolute atomic E-state index is 0.178. The molecule has 0 saturated heterocycles. The van der Waals surface area contributed by atoms with E-state index in [4.69, 9.17) is 9.47 Å². The normalized spacial score (nSPS) is 11.7. The summed E-state index contributed by atoms with van der Waals surface area (Å²) in [5, 5.41) is 19.2. The predicted octanol–water partition coefficient (Wildman–Crippen LogP) is 2.34. The molecular weight excluding hydrogens is 208 g/mol. The van der Waals surface area contributed by atoms with Crippen molar-refractivity contribution in [3.8, 4) is 11.5 Å². The fourth-order valence-corrected chi connectivity index (χ4v) is 1.65. The first-order chi connectivity index (χ1) is 7.55. The van der Waals surface area contributed by atoms with Gasteiger partial charge in [0.2, 0.25) is 0 Å². The van der Waals surface area contributed by atoms with Crippen molar-refractivity contribution in [3.63, 3.8) is 0 Å². The highest BCUT2D eigenvalue weighted by molar-refractivity contribution is 5.46. The smallest absolute Gasteiger partial charge is 0.195 e. The summed E-state index contributed by atoms with van der Waals surface area (Å²) in [6, 6.07) is 4.72. The number of phenols is 2. The van der Waals surface area contributed by atoms with Crippen molar-refractivity contribution in [1.82, 2.24) is 0 Å². The molecule has 16 heavy (non-hydrogen) atoms. The first kappa shape index (κ1) is 12.8. The van der Waals surface area contributed by atoms with Gasteiger partial charge in [0.15, 0.2) is 17.3 Å². The van der Waals surface area contributed by atoms with Crippen LogP contribution in [0.4, 0.5) is 0 Å². The Morgan fingerprint density at radius 2 is 1.69 bits per heavy atom. The molecule has 4 heteroatoms. The summed E-state index contributed by atoms with van der Waals surface area (Å²) >= 11 is 0. The lowest BCUT2D eigenvalue weighted by atomic mass is 10.1. The lowest BCUT2D eigenvalue weighted by molar-refractivity contribution is -0.230. The van der Waals surface area contributed by atoms with E-state index in [1.807, 2.05) is 13.8 Å². The molecule has 0 amide bonds. The first-order valence-corrected chi connectivity index (χ1v) is 5.34. The van der Waals surface area contributed by atoms with E-state index in [1.165, 1.54) is 6.07 Å². The van der Waals surface area contributed by atoms with E-state index < -0.39 is 5.79 Å². The highest BCUT2D eigenvalue weighted by Crippen LogP contribution is 2.38. The monoisotopic (exact) mass is 226 g/mol. The van der Waals surface area contributed by atoms with Crippen LogP contribution in [0.25, 0.3) is 0 Å². The molecule has 0 atom stereocenters. The fraction of sp³-hybridized carbons (Fsp3) is 0.500. The molecule has 90 valence electrons. The Morgan fingerprint density at radius 3 is 2.19 bits per heavy atom. The van der Waals surface area contributed by atoms with Crippen LogP contribution in [0.3, 0.4) is 0 Å². The molecule has 0 radical (unpaired) electrons. The van der Waals surface area contributed by atoms with Crippen molar-refractivity contribution in [2.75, 3.05) is 13.2 Å². The van der Waals surface area contributed by atoms with Crippen molar-refractivity contribution in [2.24, 2.45) is 0 Å². The first-order valence-electron chi connectivity index (χ1n) is 5.34. The summed E-state index contributed by atoms with van der Waals surface area (Å²) in [5.41, 5.74) is 0.427. The van der Waals surface area contributed by atoms with Crippen molar-refractivity contribution >= 4 is 0 Å². The summed E-state index contributed by atoms with van der Waals surface area (Å²) in [6.45, 7) is 6.31. The molecular formula is C12H18O4. The van der Waals surface area contributed by atoms with Gasteiger partial charge in [-0.2, -0.15) is 0 Å². The van der Waals surface area contributed by atoms with E-state index in [2.05, 4.69) is 0 Å². The summed E-state index contributed by atoms with van der Waals surface area (Å²) in [4.78, 5) is 0. The van der Waals surface area contributed by atoms with E-state index in [-0.39, 0.29) is 11.5 Å². The minimum Gasteiger partial charge on any atom is -0.504 e. The molecule has 0 bridgehead atoms. The zero-order valence-corrected chi connectivity index (χ0v) is 9.86. The zero-order chi connectivity index (χ0) is 12.2. The third-order valence-electron chi connectivity index (χ3n) is 2.34. The maximum atomic E-state index is 9.78.